The highest BCUT2D eigenvalue weighted by Gasteiger charge is 2.31. The first-order chi connectivity index (χ1) is 15.7. The predicted molar refractivity (Wildman–Crippen MR) is 107 cm³/mol. The van der Waals surface area contributed by atoms with Crippen molar-refractivity contribution in [1.29, 1.82) is 0 Å². The number of hydrogen-bond donors (Lipinski definition) is 2. The molecule has 1 aliphatic rings. The van der Waals surface area contributed by atoms with Gasteiger partial charge in [0.1, 0.15) is 11.3 Å². The third-order valence-electron chi connectivity index (χ3n) is 4.69. The summed E-state index contributed by atoms with van der Waals surface area (Å²) in [5, 5.41) is 2.49. The number of amides is 1. The number of nitrogens with zero attached hydrogens (tertiary/aromatic N) is 1. The lowest BCUT2D eigenvalue weighted by molar-refractivity contribution is -0.274. The van der Waals surface area contributed by atoms with Crippen molar-refractivity contribution in [3.8, 4) is 17.2 Å². The van der Waals surface area contributed by atoms with Crippen molar-refractivity contribution >= 4 is 5.91 Å². The van der Waals surface area contributed by atoms with Crippen molar-refractivity contribution in [2.45, 2.75) is 19.5 Å². The molecular formula is C21H16F3N3O6. The van der Waals surface area contributed by atoms with Crippen LogP contribution < -0.4 is 30.8 Å². The van der Waals surface area contributed by atoms with Crippen LogP contribution in [0.2, 0.25) is 0 Å². The first-order valence-electron chi connectivity index (χ1n) is 9.53. The summed E-state index contributed by atoms with van der Waals surface area (Å²) in [4.78, 5) is 39.8. The van der Waals surface area contributed by atoms with Crippen LogP contribution in [0.15, 0.2) is 58.3 Å². The molecule has 0 aliphatic carbocycles. The van der Waals surface area contributed by atoms with Gasteiger partial charge in [-0.05, 0) is 35.4 Å². The lowest BCUT2D eigenvalue weighted by atomic mass is 10.2. The fourth-order valence-corrected chi connectivity index (χ4v) is 3.13. The number of halogens is 3. The van der Waals surface area contributed by atoms with E-state index in [-0.39, 0.29) is 25.4 Å². The number of aromatic nitrogens is 2. The SMILES string of the molecule is O=C(NCc1ccc(OC(F)(F)F)cc1)c1c[nH]c(=O)n(Cc2ccc3c(c2)OCO3)c1=O. The van der Waals surface area contributed by atoms with Crippen LogP contribution in [0.4, 0.5) is 13.2 Å². The number of carbonyl (C=O) groups excluding carboxylic acids is 1. The molecule has 2 heterocycles. The highest BCUT2D eigenvalue weighted by atomic mass is 19.4. The molecule has 172 valence electrons. The van der Waals surface area contributed by atoms with Gasteiger partial charge in [-0.2, -0.15) is 0 Å². The molecule has 1 aromatic heterocycles. The normalized spacial score (nSPS) is 12.5. The van der Waals surface area contributed by atoms with Crippen LogP contribution >= 0.6 is 0 Å². The molecule has 4 rings (SSSR count). The van der Waals surface area contributed by atoms with E-state index in [2.05, 4.69) is 15.0 Å². The maximum Gasteiger partial charge on any atom is 0.573 e. The Morgan fingerprint density at radius 1 is 1.06 bits per heavy atom. The molecule has 3 aromatic rings. The lowest BCUT2D eigenvalue weighted by Crippen LogP contribution is -2.40. The highest BCUT2D eigenvalue weighted by Crippen LogP contribution is 2.32. The zero-order chi connectivity index (χ0) is 23.6. The fraction of sp³-hybridized carbons (Fsp3) is 0.190. The summed E-state index contributed by atoms with van der Waals surface area (Å²) in [6, 6.07) is 9.84. The van der Waals surface area contributed by atoms with Crippen molar-refractivity contribution in [2.24, 2.45) is 0 Å². The number of H-pyrrole nitrogens is 1. The van der Waals surface area contributed by atoms with Crippen LogP contribution in [0.25, 0.3) is 0 Å². The molecule has 9 nitrogen and oxygen atoms in total. The summed E-state index contributed by atoms with van der Waals surface area (Å²) in [6.07, 6.45) is -3.79. The Hall–Kier alpha value is -4.22. The topological polar surface area (TPSA) is 112 Å². The molecule has 0 bridgehead atoms. The number of rotatable bonds is 6. The molecule has 0 unspecified atom stereocenters. The number of benzene rings is 2. The fourth-order valence-electron chi connectivity index (χ4n) is 3.13. The second-order valence-corrected chi connectivity index (χ2v) is 6.96. The van der Waals surface area contributed by atoms with Crippen molar-refractivity contribution in [3.05, 3.63) is 86.2 Å². The van der Waals surface area contributed by atoms with Gasteiger partial charge in [0.2, 0.25) is 6.79 Å². The van der Waals surface area contributed by atoms with Gasteiger partial charge in [0.15, 0.2) is 11.5 Å². The number of hydrogen-bond acceptors (Lipinski definition) is 6. The van der Waals surface area contributed by atoms with E-state index in [1.54, 1.807) is 18.2 Å². The van der Waals surface area contributed by atoms with E-state index >= 15 is 0 Å². The average Bonchev–Trinajstić information content (AvgIpc) is 3.23. The first kappa shape index (κ1) is 22.0. The molecule has 0 saturated carbocycles. The minimum atomic E-state index is -4.81. The zero-order valence-corrected chi connectivity index (χ0v) is 16.8. The minimum Gasteiger partial charge on any atom is -0.454 e. The molecule has 33 heavy (non-hydrogen) atoms. The van der Waals surface area contributed by atoms with Gasteiger partial charge in [0.05, 0.1) is 6.54 Å². The van der Waals surface area contributed by atoms with Crippen LogP contribution in [0.1, 0.15) is 21.5 Å². The maximum atomic E-state index is 12.8. The van der Waals surface area contributed by atoms with E-state index in [0.717, 1.165) is 22.9 Å². The largest absolute Gasteiger partial charge is 0.573 e. The molecule has 0 fully saturated rings. The van der Waals surface area contributed by atoms with Gasteiger partial charge < -0.3 is 24.5 Å². The Kier molecular flexibility index (Phi) is 5.82. The van der Waals surface area contributed by atoms with Gasteiger partial charge >= 0.3 is 12.1 Å². The highest BCUT2D eigenvalue weighted by molar-refractivity contribution is 5.93. The van der Waals surface area contributed by atoms with Crippen LogP contribution in [0.3, 0.4) is 0 Å². The first-order valence-corrected chi connectivity index (χ1v) is 9.53. The van der Waals surface area contributed by atoms with E-state index in [1.165, 1.54) is 12.1 Å². The summed E-state index contributed by atoms with van der Waals surface area (Å²) in [7, 11) is 0. The van der Waals surface area contributed by atoms with Gasteiger partial charge in [0.25, 0.3) is 11.5 Å². The maximum absolute atomic E-state index is 12.8. The van der Waals surface area contributed by atoms with Crippen LogP contribution in [0.5, 0.6) is 17.2 Å². The summed E-state index contributed by atoms with van der Waals surface area (Å²) < 4.78 is 51.9. The van der Waals surface area contributed by atoms with Crippen LogP contribution in [0, 0.1) is 0 Å². The van der Waals surface area contributed by atoms with Crippen LogP contribution in [-0.2, 0) is 13.1 Å². The minimum absolute atomic E-state index is 0.0636. The van der Waals surface area contributed by atoms with Gasteiger partial charge in [0, 0.05) is 12.7 Å². The number of carbonyl (C=O) groups is 1. The molecule has 0 saturated heterocycles. The van der Waals surface area contributed by atoms with Crippen LogP contribution in [-0.4, -0.2) is 28.6 Å². The molecule has 1 aliphatic heterocycles. The van der Waals surface area contributed by atoms with Gasteiger partial charge in [-0.3, -0.25) is 14.2 Å². The monoisotopic (exact) mass is 463 g/mol. The van der Waals surface area contributed by atoms with Crippen molar-refractivity contribution in [2.75, 3.05) is 6.79 Å². The Balaban J connectivity index is 1.46. The Morgan fingerprint density at radius 2 is 1.76 bits per heavy atom. The predicted octanol–water partition coefficient (Wildman–Crippen LogP) is 2.14. The third-order valence-corrected chi connectivity index (χ3v) is 4.69. The second-order valence-electron chi connectivity index (χ2n) is 6.96. The van der Waals surface area contributed by atoms with Crippen molar-refractivity contribution in [3.63, 3.8) is 0 Å². The second kappa shape index (κ2) is 8.73. The number of nitrogens with one attached hydrogen (secondary N) is 2. The van der Waals surface area contributed by atoms with E-state index in [9.17, 15) is 27.6 Å². The standard InChI is InChI=1S/C21H16F3N3O6/c22-21(23,24)33-14-4-1-12(2-5-14)8-25-18(28)15-9-26-20(30)27(19(15)29)10-13-3-6-16-17(7-13)32-11-31-16/h1-7,9H,8,10-11H2,(H,25,28)(H,26,30). The average molecular weight is 463 g/mol. The number of alkyl halides is 3. The number of ether oxygens (including phenoxy) is 3. The summed E-state index contributed by atoms with van der Waals surface area (Å²) in [5.41, 5.74) is -0.738. The molecule has 0 radical (unpaired) electrons. The summed E-state index contributed by atoms with van der Waals surface area (Å²) in [6.45, 7) is -0.0918. The van der Waals surface area contributed by atoms with Crippen molar-refractivity contribution in [1.82, 2.24) is 14.9 Å². The van der Waals surface area contributed by atoms with Gasteiger partial charge in [-0.25, -0.2) is 4.79 Å². The van der Waals surface area contributed by atoms with E-state index in [4.69, 9.17) is 9.47 Å². The summed E-state index contributed by atoms with van der Waals surface area (Å²) >= 11 is 0. The Morgan fingerprint density at radius 3 is 2.48 bits per heavy atom. The Bertz CT molecular complexity index is 1300. The number of aromatic amines is 1. The van der Waals surface area contributed by atoms with E-state index in [1.807, 2.05) is 0 Å². The lowest BCUT2D eigenvalue weighted by Gasteiger charge is -2.10. The Labute approximate surface area is 183 Å². The van der Waals surface area contributed by atoms with E-state index in [0.29, 0.717) is 22.6 Å². The zero-order valence-electron chi connectivity index (χ0n) is 16.8. The molecule has 0 atom stereocenters. The van der Waals surface area contributed by atoms with Gasteiger partial charge in [-0.1, -0.05) is 18.2 Å². The summed E-state index contributed by atoms with van der Waals surface area (Å²) in [5.74, 6) is -0.125. The molecular weight excluding hydrogens is 447 g/mol. The van der Waals surface area contributed by atoms with Crippen molar-refractivity contribution < 1.29 is 32.2 Å². The quantitative estimate of drug-likeness (QED) is 0.580. The third kappa shape index (κ3) is 5.17. The molecule has 0 spiro atoms. The number of fused-ring (bicyclic) bond motifs is 1. The molecule has 2 aromatic carbocycles. The smallest absolute Gasteiger partial charge is 0.454 e. The molecule has 2 N–H and O–H groups in total. The molecule has 1 amide bonds. The van der Waals surface area contributed by atoms with E-state index < -0.39 is 29.3 Å². The molecule has 12 heteroatoms. The van der Waals surface area contributed by atoms with Gasteiger partial charge in [-0.15, -0.1) is 13.2 Å².